The van der Waals surface area contributed by atoms with Gasteiger partial charge in [0.2, 0.25) is 0 Å². The molecule has 1 unspecified atom stereocenters. The lowest BCUT2D eigenvalue weighted by molar-refractivity contribution is -0.143. The highest BCUT2D eigenvalue weighted by Crippen LogP contribution is 2.52. The first kappa shape index (κ1) is 10.6. The van der Waals surface area contributed by atoms with Crippen molar-refractivity contribution in [2.45, 2.75) is 31.2 Å². The predicted molar refractivity (Wildman–Crippen MR) is 57.8 cm³/mol. The molecule has 1 aromatic rings. The second kappa shape index (κ2) is 3.57. The maximum Gasteiger partial charge on any atom is 0.323 e. The largest absolute Gasteiger partial charge is 0.468 e. The van der Waals surface area contributed by atoms with E-state index in [1.807, 2.05) is 6.92 Å². The quantitative estimate of drug-likeness (QED) is 0.780. The van der Waals surface area contributed by atoms with E-state index in [4.69, 9.17) is 10.5 Å². The first-order valence-electron chi connectivity index (χ1n) is 4.86. The molecule has 1 fully saturated rings. The molecular formula is C10H14N2O2S. The lowest BCUT2D eigenvalue weighted by atomic mass is 9.94. The number of hydrogen-bond donors (Lipinski definition) is 1. The summed E-state index contributed by atoms with van der Waals surface area (Å²) in [6.45, 7) is 1.95. The van der Waals surface area contributed by atoms with Gasteiger partial charge in [-0.25, -0.2) is 4.98 Å². The summed E-state index contributed by atoms with van der Waals surface area (Å²) in [7, 11) is 1.37. The molecule has 82 valence electrons. The Hall–Kier alpha value is -0.940. The van der Waals surface area contributed by atoms with Crippen LogP contribution in [0.3, 0.4) is 0 Å². The molecule has 1 heterocycles. The van der Waals surface area contributed by atoms with Gasteiger partial charge in [-0.1, -0.05) is 0 Å². The number of hydrogen-bond acceptors (Lipinski definition) is 5. The number of rotatable bonds is 3. The molecule has 0 aromatic carbocycles. The fourth-order valence-corrected chi connectivity index (χ4v) is 3.05. The van der Waals surface area contributed by atoms with Crippen molar-refractivity contribution in [1.82, 2.24) is 4.98 Å². The van der Waals surface area contributed by atoms with Crippen molar-refractivity contribution < 1.29 is 9.53 Å². The third-order valence-electron chi connectivity index (χ3n) is 3.04. The van der Waals surface area contributed by atoms with Gasteiger partial charge in [-0.3, -0.25) is 4.79 Å². The van der Waals surface area contributed by atoms with Crippen LogP contribution in [0.2, 0.25) is 0 Å². The Bertz CT molecular complexity index is 385. The van der Waals surface area contributed by atoms with E-state index in [2.05, 4.69) is 4.98 Å². The standard InChI is InChI=1S/C10H14N2O2S/c1-6-8(15-5-12-6)10(3-4-10)7(11)9(13)14-2/h5,7H,3-4,11H2,1-2H3. The number of methoxy groups -OCH3 is 1. The zero-order valence-corrected chi connectivity index (χ0v) is 9.63. The van der Waals surface area contributed by atoms with Crippen LogP contribution in [-0.2, 0) is 14.9 Å². The van der Waals surface area contributed by atoms with Crippen LogP contribution in [0.1, 0.15) is 23.4 Å². The average molecular weight is 226 g/mol. The van der Waals surface area contributed by atoms with Crippen molar-refractivity contribution in [2.24, 2.45) is 5.73 Å². The third-order valence-corrected chi connectivity index (χ3v) is 4.19. The van der Waals surface area contributed by atoms with E-state index in [9.17, 15) is 4.79 Å². The van der Waals surface area contributed by atoms with E-state index in [0.717, 1.165) is 23.4 Å². The Balaban J connectivity index is 2.28. The van der Waals surface area contributed by atoms with Crippen LogP contribution in [0.5, 0.6) is 0 Å². The van der Waals surface area contributed by atoms with Crippen molar-refractivity contribution in [2.75, 3.05) is 7.11 Å². The smallest absolute Gasteiger partial charge is 0.323 e. The van der Waals surface area contributed by atoms with Gasteiger partial charge in [0.25, 0.3) is 0 Å². The van der Waals surface area contributed by atoms with Gasteiger partial charge in [0.1, 0.15) is 6.04 Å². The second-order valence-corrected chi connectivity index (χ2v) is 4.78. The second-order valence-electron chi connectivity index (χ2n) is 3.92. The Morgan fingerprint density at radius 1 is 1.73 bits per heavy atom. The summed E-state index contributed by atoms with van der Waals surface area (Å²) in [4.78, 5) is 16.8. The van der Waals surface area contributed by atoms with E-state index in [0.29, 0.717) is 0 Å². The minimum atomic E-state index is -0.554. The van der Waals surface area contributed by atoms with Crippen LogP contribution < -0.4 is 5.73 Å². The first-order valence-corrected chi connectivity index (χ1v) is 5.74. The van der Waals surface area contributed by atoms with Crippen LogP contribution in [0.15, 0.2) is 5.51 Å². The summed E-state index contributed by atoms with van der Waals surface area (Å²) in [6, 6.07) is -0.554. The van der Waals surface area contributed by atoms with E-state index < -0.39 is 6.04 Å². The number of esters is 1. The molecule has 1 atom stereocenters. The zero-order chi connectivity index (χ0) is 11.1. The summed E-state index contributed by atoms with van der Waals surface area (Å²) >= 11 is 1.58. The van der Waals surface area contributed by atoms with Gasteiger partial charge < -0.3 is 10.5 Å². The number of aryl methyl sites for hydroxylation is 1. The van der Waals surface area contributed by atoms with Crippen LogP contribution in [0.4, 0.5) is 0 Å². The van der Waals surface area contributed by atoms with Crippen molar-refractivity contribution in [3.8, 4) is 0 Å². The van der Waals surface area contributed by atoms with Gasteiger partial charge in [0.15, 0.2) is 0 Å². The Labute approximate surface area is 92.5 Å². The lowest BCUT2D eigenvalue weighted by Gasteiger charge is -2.20. The highest BCUT2D eigenvalue weighted by molar-refractivity contribution is 7.10. The summed E-state index contributed by atoms with van der Waals surface area (Å²) in [5.74, 6) is -0.333. The molecule has 0 amide bonds. The molecule has 1 aliphatic carbocycles. The summed E-state index contributed by atoms with van der Waals surface area (Å²) in [6.07, 6.45) is 1.90. The third kappa shape index (κ3) is 1.55. The normalized spacial score (nSPS) is 19.7. The molecule has 2 N–H and O–H groups in total. The molecule has 5 heteroatoms. The van der Waals surface area contributed by atoms with Gasteiger partial charge in [-0.15, -0.1) is 11.3 Å². The number of carbonyl (C=O) groups is 1. The summed E-state index contributed by atoms with van der Waals surface area (Å²) in [5, 5.41) is 0. The molecule has 0 saturated heterocycles. The molecule has 2 rings (SSSR count). The van der Waals surface area contributed by atoms with E-state index in [1.54, 1.807) is 16.8 Å². The minimum Gasteiger partial charge on any atom is -0.468 e. The number of ether oxygens (including phenoxy) is 1. The van der Waals surface area contributed by atoms with Gasteiger partial charge in [-0.2, -0.15) is 0 Å². The summed E-state index contributed by atoms with van der Waals surface area (Å²) < 4.78 is 4.70. The molecule has 1 aliphatic rings. The average Bonchev–Trinajstić information content (AvgIpc) is 2.94. The van der Waals surface area contributed by atoms with Crippen molar-refractivity contribution in [3.05, 3.63) is 16.1 Å². The van der Waals surface area contributed by atoms with Crippen LogP contribution in [0.25, 0.3) is 0 Å². The molecule has 1 saturated carbocycles. The van der Waals surface area contributed by atoms with Gasteiger partial charge in [-0.05, 0) is 19.8 Å². The fourth-order valence-electron chi connectivity index (χ4n) is 1.95. The highest BCUT2D eigenvalue weighted by Gasteiger charge is 2.54. The van der Waals surface area contributed by atoms with Gasteiger partial charge in [0, 0.05) is 10.3 Å². The number of nitrogens with two attached hydrogens (primary N) is 1. The van der Waals surface area contributed by atoms with Crippen molar-refractivity contribution >= 4 is 17.3 Å². The Morgan fingerprint density at radius 3 is 2.80 bits per heavy atom. The van der Waals surface area contributed by atoms with E-state index in [1.165, 1.54) is 7.11 Å². The van der Waals surface area contributed by atoms with E-state index >= 15 is 0 Å². The molecule has 0 bridgehead atoms. The molecule has 0 spiro atoms. The van der Waals surface area contributed by atoms with Crippen LogP contribution in [0, 0.1) is 6.92 Å². The van der Waals surface area contributed by atoms with Crippen LogP contribution >= 0.6 is 11.3 Å². The molecular weight excluding hydrogens is 212 g/mol. The highest BCUT2D eigenvalue weighted by atomic mass is 32.1. The number of thiazole rings is 1. The maximum atomic E-state index is 11.4. The zero-order valence-electron chi connectivity index (χ0n) is 8.82. The van der Waals surface area contributed by atoms with Crippen molar-refractivity contribution in [1.29, 1.82) is 0 Å². The monoisotopic (exact) mass is 226 g/mol. The first-order chi connectivity index (χ1) is 7.12. The number of carbonyl (C=O) groups excluding carboxylic acids is 1. The van der Waals surface area contributed by atoms with Crippen molar-refractivity contribution in [3.63, 3.8) is 0 Å². The van der Waals surface area contributed by atoms with E-state index in [-0.39, 0.29) is 11.4 Å². The predicted octanol–water partition coefficient (Wildman–Crippen LogP) is 0.983. The topological polar surface area (TPSA) is 65.2 Å². The molecule has 0 radical (unpaired) electrons. The molecule has 15 heavy (non-hydrogen) atoms. The number of nitrogens with zero attached hydrogens (tertiary/aromatic N) is 1. The molecule has 4 nitrogen and oxygen atoms in total. The Morgan fingerprint density at radius 2 is 2.40 bits per heavy atom. The SMILES string of the molecule is COC(=O)C(N)C1(c2scnc2C)CC1. The van der Waals surface area contributed by atoms with Gasteiger partial charge in [0.05, 0.1) is 18.3 Å². The molecule has 0 aliphatic heterocycles. The lowest BCUT2D eigenvalue weighted by Crippen LogP contribution is -2.42. The fraction of sp³-hybridized carbons (Fsp3) is 0.600. The Kier molecular flexibility index (Phi) is 2.52. The number of aromatic nitrogens is 1. The minimum absolute atomic E-state index is 0.196. The maximum absolute atomic E-state index is 11.4. The van der Waals surface area contributed by atoms with Gasteiger partial charge >= 0.3 is 5.97 Å². The summed E-state index contributed by atoms with van der Waals surface area (Å²) in [5.41, 5.74) is 8.52. The molecule has 1 aromatic heterocycles. The van der Waals surface area contributed by atoms with Crippen LogP contribution in [-0.4, -0.2) is 24.1 Å².